The van der Waals surface area contributed by atoms with Gasteiger partial charge >= 0.3 is 11.9 Å². The van der Waals surface area contributed by atoms with Crippen molar-refractivity contribution in [3.63, 3.8) is 0 Å². The molecular formula is C9H14O5. The van der Waals surface area contributed by atoms with E-state index in [0.717, 1.165) is 6.42 Å². The zero-order valence-corrected chi connectivity index (χ0v) is 7.86. The van der Waals surface area contributed by atoms with Gasteiger partial charge in [-0.1, -0.05) is 0 Å². The predicted molar refractivity (Wildman–Crippen MR) is 46.6 cm³/mol. The van der Waals surface area contributed by atoms with Crippen molar-refractivity contribution in [1.29, 1.82) is 0 Å². The lowest BCUT2D eigenvalue weighted by molar-refractivity contribution is -0.175. The predicted octanol–water partition coefficient (Wildman–Crippen LogP) is 0.167. The molecule has 1 saturated carbocycles. The van der Waals surface area contributed by atoms with Gasteiger partial charge in [0.25, 0.3) is 0 Å². The van der Waals surface area contributed by atoms with E-state index in [4.69, 9.17) is 14.9 Å². The first-order valence-corrected chi connectivity index (χ1v) is 4.65. The Morgan fingerprint density at radius 1 is 1.36 bits per heavy atom. The third-order valence-corrected chi connectivity index (χ3v) is 2.54. The van der Waals surface area contributed by atoms with E-state index in [9.17, 15) is 9.59 Å². The average molecular weight is 202 g/mol. The molecule has 0 saturated heterocycles. The van der Waals surface area contributed by atoms with Crippen molar-refractivity contribution in [3.8, 4) is 0 Å². The molecule has 14 heavy (non-hydrogen) atoms. The van der Waals surface area contributed by atoms with Crippen LogP contribution in [0.15, 0.2) is 0 Å². The summed E-state index contributed by atoms with van der Waals surface area (Å²) in [5.74, 6) is -1.76. The molecule has 80 valence electrons. The number of rotatable bonds is 5. The standard InChI is InChI=1S/C9H14O5/c10-5-2-6-14-8(13)9(7(11)12)3-1-4-9/h10H,1-6H2,(H,11,12). The van der Waals surface area contributed by atoms with E-state index >= 15 is 0 Å². The van der Waals surface area contributed by atoms with Gasteiger partial charge in [-0.05, 0) is 19.3 Å². The van der Waals surface area contributed by atoms with Crippen molar-refractivity contribution in [2.45, 2.75) is 25.7 Å². The number of carboxylic acids is 1. The minimum Gasteiger partial charge on any atom is -0.480 e. The Bertz CT molecular complexity index is 231. The van der Waals surface area contributed by atoms with Gasteiger partial charge < -0.3 is 14.9 Å². The molecule has 0 amide bonds. The van der Waals surface area contributed by atoms with Crippen LogP contribution in [0.1, 0.15) is 25.7 Å². The molecule has 0 spiro atoms. The van der Waals surface area contributed by atoms with E-state index < -0.39 is 17.4 Å². The molecule has 2 N–H and O–H groups in total. The summed E-state index contributed by atoms with van der Waals surface area (Å²) in [5, 5.41) is 17.3. The van der Waals surface area contributed by atoms with Crippen molar-refractivity contribution in [2.75, 3.05) is 13.2 Å². The van der Waals surface area contributed by atoms with Crippen molar-refractivity contribution < 1.29 is 24.5 Å². The van der Waals surface area contributed by atoms with Gasteiger partial charge in [-0.2, -0.15) is 0 Å². The van der Waals surface area contributed by atoms with Crippen LogP contribution in [0.5, 0.6) is 0 Å². The van der Waals surface area contributed by atoms with Gasteiger partial charge in [-0.15, -0.1) is 0 Å². The van der Waals surface area contributed by atoms with E-state index in [2.05, 4.69) is 0 Å². The van der Waals surface area contributed by atoms with Crippen molar-refractivity contribution >= 4 is 11.9 Å². The third-order valence-electron chi connectivity index (χ3n) is 2.54. The molecule has 1 aliphatic rings. The summed E-state index contributed by atoms with van der Waals surface area (Å²) in [7, 11) is 0. The summed E-state index contributed by atoms with van der Waals surface area (Å²) in [6.45, 7) is 0.0255. The average Bonchev–Trinajstić information content (AvgIpc) is 2.01. The highest BCUT2D eigenvalue weighted by atomic mass is 16.5. The van der Waals surface area contributed by atoms with Crippen LogP contribution in [0.25, 0.3) is 0 Å². The number of aliphatic hydroxyl groups is 1. The Kier molecular flexibility index (Phi) is 3.46. The SMILES string of the molecule is O=C(O)C1(C(=O)OCCCO)CCC1. The molecule has 0 radical (unpaired) electrons. The van der Waals surface area contributed by atoms with Gasteiger partial charge in [-0.3, -0.25) is 9.59 Å². The van der Waals surface area contributed by atoms with Crippen molar-refractivity contribution in [2.24, 2.45) is 5.41 Å². The number of hydrogen-bond acceptors (Lipinski definition) is 4. The fourth-order valence-corrected chi connectivity index (χ4v) is 1.40. The van der Waals surface area contributed by atoms with E-state index in [1.54, 1.807) is 0 Å². The number of carbonyl (C=O) groups excluding carboxylic acids is 1. The Balaban J connectivity index is 2.45. The monoisotopic (exact) mass is 202 g/mol. The van der Waals surface area contributed by atoms with Gasteiger partial charge in [0.1, 0.15) is 0 Å². The third kappa shape index (κ3) is 1.87. The van der Waals surface area contributed by atoms with E-state index in [-0.39, 0.29) is 13.2 Å². The van der Waals surface area contributed by atoms with Gasteiger partial charge in [0, 0.05) is 13.0 Å². The minimum absolute atomic E-state index is 0.0622. The zero-order chi connectivity index (χ0) is 10.6. The molecule has 0 bridgehead atoms. The molecule has 0 aromatic carbocycles. The van der Waals surface area contributed by atoms with Crippen LogP contribution in [0.4, 0.5) is 0 Å². The summed E-state index contributed by atoms with van der Waals surface area (Å²) in [6, 6.07) is 0. The number of aliphatic carboxylic acids is 1. The Morgan fingerprint density at radius 2 is 2.00 bits per heavy atom. The van der Waals surface area contributed by atoms with Gasteiger partial charge in [-0.25, -0.2) is 0 Å². The second-order valence-corrected chi connectivity index (χ2v) is 3.45. The van der Waals surface area contributed by atoms with Crippen LogP contribution in [-0.2, 0) is 14.3 Å². The zero-order valence-electron chi connectivity index (χ0n) is 7.86. The molecule has 0 atom stereocenters. The van der Waals surface area contributed by atoms with Gasteiger partial charge in [0.05, 0.1) is 6.61 Å². The number of carboxylic acid groups (broad SMARTS) is 1. The smallest absolute Gasteiger partial charge is 0.323 e. The molecule has 5 heteroatoms. The number of ether oxygens (including phenoxy) is 1. The highest BCUT2D eigenvalue weighted by Crippen LogP contribution is 2.42. The highest BCUT2D eigenvalue weighted by Gasteiger charge is 2.52. The molecule has 0 aromatic rings. The lowest BCUT2D eigenvalue weighted by Gasteiger charge is -2.34. The number of carbonyl (C=O) groups is 2. The molecule has 0 aliphatic heterocycles. The number of hydrogen-bond donors (Lipinski definition) is 2. The molecule has 0 unspecified atom stereocenters. The summed E-state index contributed by atoms with van der Waals surface area (Å²) in [4.78, 5) is 22.2. The molecular weight excluding hydrogens is 188 g/mol. The lowest BCUT2D eigenvalue weighted by atomic mass is 9.69. The van der Waals surface area contributed by atoms with Crippen LogP contribution in [-0.4, -0.2) is 35.4 Å². The first kappa shape index (κ1) is 11.0. The number of aliphatic hydroxyl groups excluding tert-OH is 1. The maximum absolute atomic E-state index is 11.4. The highest BCUT2D eigenvalue weighted by molar-refractivity contribution is 6.00. The van der Waals surface area contributed by atoms with E-state index in [1.165, 1.54) is 0 Å². The molecule has 1 fully saturated rings. The summed E-state index contributed by atoms with van der Waals surface area (Å²) in [5.41, 5.74) is -1.30. The fourth-order valence-electron chi connectivity index (χ4n) is 1.40. The number of esters is 1. The molecule has 0 heterocycles. The Hall–Kier alpha value is -1.10. The maximum atomic E-state index is 11.4. The summed E-state index contributed by atoms with van der Waals surface area (Å²) in [6.07, 6.45) is 1.82. The second kappa shape index (κ2) is 4.41. The van der Waals surface area contributed by atoms with Crippen LogP contribution >= 0.6 is 0 Å². The largest absolute Gasteiger partial charge is 0.480 e. The Labute approximate surface area is 81.7 Å². The molecule has 5 nitrogen and oxygen atoms in total. The van der Waals surface area contributed by atoms with Crippen LogP contribution in [0.2, 0.25) is 0 Å². The van der Waals surface area contributed by atoms with Crippen molar-refractivity contribution in [3.05, 3.63) is 0 Å². The molecule has 1 rings (SSSR count). The Morgan fingerprint density at radius 3 is 2.36 bits per heavy atom. The lowest BCUT2D eigenvalue weighted by Crippen LogP contribution is -2.46. The first-order chi connectivity index (χ1) is 6.63. The van der Waals surface area contributed by atoms with Gasteiger partial charge in [0.15, 0.2) is 5.41 Å². The minimum atomic E-state index is -1.30. The molecule has 1 aliphatic carbocycles. The quantitative estimate of drug-likeness (QED) is 0.377. The van der Waals surface area contributed by atoms with Crippen LogP contribution in [0, 0.1) is 5.41 Å². The molecule has 0 aromatic heterocycles. The van der Waals surface area contributed by atoms with E-state index in [0.29, 0.717) is 19.3 Å². The van der Waals surface area contributed by atoms with Crippen LogP contribution in [0.3, 0.4) is 0 Å². The van der Waals surface area contributed by atoms with Gasteiger partial charge in [0.2, 0.25) is 0 Å². The topological polar surface area (TPSA) is 83.8 Å². The second-order valence-electron chi connectivity index (χ2n) is 3.45. The van der Waals surface area contributed by atoms with Crippen LogP contribution < -0.4 is 0 Å². The fraction of sp³-hybridized carbons (Fsp3) is 0.778. The maximum Gasteiger partial charge on any atom is 0.323 e. The summed E-state index contributed by atoms with van der Waals surface area (Å²) < 4.78 is 4.77. The van der Waals surface area contributed by atoms with Crippen molar-refractivity contribution in [1.82, 2.24) is 0 Å². The first-order valence-electron chi connectivity index (χ1n) is 4.65. The van der Waals surface area contributed by atoms with E-state index in [1.807, 2.05) is 0 Å². The summed E-state index contributed by atoms with van der Waals surface area (Å²) >= 11 is 0. The normalized spacial score (nSPS) is 18.4.